The van der Waals surface area contributed by atoms with Crippen LogP contribution in [0.25, 0.3) is 0 Å². The topological polar surface area (TPSA) is 49.4 Å². The lowest BCUT2D eigenvalue weighted by Crippen LogP contribution is -2.32. The fourth-order valence-corrected chi connectivity index (χ4v) is 1.68. The Bertz CT molecular complexity index is 429. The molecule has 0 aliphatic carbocycles. The Kier molecular flexibility index (Phi) is 5.16. The van der Waals surface area contributed by atoms with E-state index in [0.29, 0.717) is 5.02 Å². The van der Waals surface area contributed by atoms with Crippen molar-refractivity contribution < 1.29 is 9.59 Å². The van der Waals surface area contributed by atoms with Crippen LogP contribution in [0.15, 0.2) is 24.3 Å². The second-order valence-corrected chi connectivity index (χ2v) is 4.73. The number of hydrogen-bond donors (Lipinski definition) is 1. The van der Waals surface area contributed by atoms with Gasteiger partial charge in [0.1, 0.15) is 0 Å². The molecule has 0 aliphatic rings. The molecule has 0 radical (unpaired) electrons. The summed E-state index contributed by atoms with van der Waals surface area (Å²) in [6.45, 7) is 1.43. The Balaban J connectivity index is 2.87. The molecule has 18 heavy (non-hydrogen) atoms. The van der Waals surface area contributed by atoms with Gasteiger partial charge in [-0.15, -0.1) is 0 Å². The molecule has 1 aromatic rings. The Hall–Kier alpha value is -1.55. The number of nitrogens with one attached hydrogen (secondary N) is 1. The highest BCUT2D eigenvalue weighted by Gasteiger charge is 2.17. The smallest absolute Gasteiger partial charge is 0.224 e. The van der Waals surface area contributed by atoms with Gasteiger partial charge in [-0.3, -0.25) is 9.59 Å². The average Bonchev–Trinajstić information content (AvgIpc) is 2.28. The van der Waals surface area contributed by atoms with E-state index in [0.717, 1.165) is 5.56 Å². The fraction of sp³-hybridized carbons (Fsp3) is 0.385. The Morgan fingerprint density at radius 2 is 1.83 bits per heavy atom. The van der Waals surface area contributed by atoms with Crippen molar-refractivity contribution in [2.75, 3.05) is 14.1 Å². The fourth-order valence-electron chi connectivity index (χ4n) is 1.55. The lowest BCUT2D eigenvalue weighted by molar-refractivity contribution is -0.129. The molecular formula is C13H17ClN2O2. The first kappa shape index (κ1) is 14.5. The van der Waals surface area contributed by atoms with Crippen molar-refractivity contribution in [3.05, 3.63) is 34.9 Å². The molecular weight excluding hydrogens is 252 g/mol. The van der Waals surface area contributed by atoms with Gasteiger partial charge in [0.15, 0.2) is 0 Å². The van der Waals surface area contributed by atoms with E-state index >= 15 is 0 Å². The van der Waals surface area contributed by atoms with Crippen LogP contribution in [0.5, 0.6) is 0 Å². The summed E-state index contributed by atoms with van der Waals surface area (Å²) in [5.41, 5.74) is 0.866. The Morgan fingerprint density at radius 1 is 1.28 bits per heavy atom. The van der Waals surface area contributed by atoms with E-state index in [1.54, 1.807) is 26.2 Å². The van der Waals surface area contributed by atoms with Crippen molar-refractivity contribution in [3.8, 4) is 0 Å². The largest absolute Gasteiger partial charge is 0.349 e. The third-order valence-corrected chi connectivity index (χ3v) is 2.78. The summed E-state index contributed by atoms with van der Waals surface area (Å²) in [6.07, 6.45) is 0.230. The van der Waals surface area contributed by atoms with Gasteiger partial charge in [-0.2, -0.15) is 0 Å². The number of nitrogens with zero attached hydrogens (tertiary/aromatic N) is 1. The number of hydrogen-bond acceptors (Lipinski definition) is 2. The highest BCUT2D eigenvalue weighted by Crippen LogP contribution is 2.20. The molecule has 0 aromatic heterocycles. The van der Waals surface area contributed by atoms with Gasteiger partial charge in [0.25, 0.3) is 0 Å². The molecule has 1 aromatic carbocycles. The van der Waals surface area contributed by atoms with Gasteiger partial charge in [-0.1, -0.05) is 23.7 Å². The summed E-state index contributed by atoms with van der Waals surface area (Å²) < 4.78 is 0. The first-order chi connectivity index (χ1) is 8.40. The van der Waals surface area contributed by atoms with Crippen molar-refractivity contribution in [1.82, 2.24) is 10.2 Å². The molecule has 0 heterocycles. The summed E-state index contributed by atoms with van der Waals surface area (Å²) in [4.78, 5) is 24.4. The van der Waals surface area contributed by atoms with E-state index in [9.17, 15) is 9.59 Å². The van der Waals surface area contributed by atoms with Gasteiger partial charge >= 0.3 is 0 Å². The van der Waals surface area contributed by atoms with Crippen LogP contribution in [0.1, 0.15) is 24.9 Å². The second-order valence-electron chi connectivity index (χ2n) is 4.30. The van der Waals surface area contributed by atoms with Gasteiger partial charge in [0, 0.05) is 26.0 Å². The number of carbonyl (C=O) groups is 2. The summed E-state index contributed by atoms with van der Waals surface area (Å²) >= 11 is 5.82. The zero-order valence-corrected chi connectivity index (χ0v) is 11.5. The normalized spacial score (nSPS) is 11.8. The second kappa shape index (κ2) is 6.40. The molecule has 0 spiro atoms. The van der Waals surface area contributed by atoms with Crippen LogP contribution < -0.4 is 5.32 Å². The van der Waals surface area contributed by atoms with Crippen LogP contribution in [-0.4, -0.2) is 30.8 Å². The van der Waals surface area contributed by atoms with Gasteiger partial charge < -0.3 is 10.2 Å². The van der Waals surface area contributed by atoms with Crippen molar-refractivity contribution in [1.29, 1.82) is 0 Å². The van der Waals surface area contributed by atoms with E-state index in [1.165, 1.54) is 11.8 Å². The predicted molar refractivity (Wildman–Crippen MR) is 71.3 cm³/mol. The maximum Gasteiger partial charge on any atom is 0.224 e. The van der Waals surface area contributed by atoms with Crippen LogP contribution in [0, 0.1) is 0 Å². The molecule has 2 amide bonds. The minimum atomic E-state index is -0.324. The van der Waals surface area contributed by atoms with Crippen LogP contribution in [0.3, 0.4) is 0 Å². The molecule has 1 unspecified atom stereocenters. The van der Waals surface area contributed by atoms with Crippen molar-refractivity contribution >= 4 is 23.4 Å². The first-order valence-electron chi connectivity index (χ1n) is 5.63. The summed E-state index contributed by atoms with van der Waals surface area (Å²) in [6, 6.07) is 6.78. The first-order valence-corrected chi connectivity index (χ1v) is 6.00. The highest BCUT2D eigenvalue weighted by atomic mass is 35.5. The summed E-state index contributed by atoms with van der Waals surface area (Å²) in [5.74, 6) is -0.204. The van der Waals surface area contributed by atoms with Crippen LogP contribution >= 0.6 is 11.6 Å². The average molecular weight is 269 g/mol. The molecule has 0 bridgehead atoms. The van der Waals surface area contributed by atoms with Crippen LogP contribution in [0.4, 0.5) is 0 Å². The number of halogens is 1. The quantitative estimate of drug-likeness (QED) is 0.908. The van der Waals surface area contributed by atoms with Crippen molar-refractivity contribution in [2.24, 2.45) is 0 Å². The lowest BCUT2D eigenvalue weighted by atomic mass is 10.0. The van der Waals surface area contributed by atoms with Gasteiger partial charge in [-0.25, -0.2) is 0 Å². The van der Waals surface area contributed by atoms with E-state index in [1.807, 2.05) is 12.1 Å². The maximum atomic E-state index is 11.7. The number of rotatable bonds is 4. The SMILES string of the molecule is CC(=O)NC(CC(=O)N(C)C)c1ccc(Cl)cc1. The van der Waals surface area contributed by atoms with E-state index in [4.69, 9.17) is 11.6 Å². The zero-order chi connectivity index (χ0) is 13.7. The monoisotopic (exact) mass is 268 g/mol. The molecule has 0 aliphatic heterocycles. The summed E-state index contributed by atoms with van der Waals surface area (Å²) in [5, 5.41) is 3.40. The molecule has 0 saturated heterocycles. The van der Waals surface area contributed by atoms with Crippen molar-refractivity contribution in [2.45, 2.75) is 19.4 Å². The van der Waals surface area contributed by atoms with E-state index in [2.05, 4.69) is 5.32 Å². The molecule has 1 N–H and O–H groups in total. The zero-order valence-electron chi connectivity index (χ0n) is 10.7. The minimum Gasteiger partial charge on any atom is -0.349 e. The van der Waals surface area contributed by atoms with Crippen molar-refractivity contribution in [3.63, 3.8) is 0 Å². The van der Waals surface area contributed by atoms with Gasteiger partial charge in [-0.05, 0) is 17.7 Å². The van der Waals surface area contributed by atoms with E-state index in [-0.39, 0.29) is 24.3 Å². The molecule has 0 fully saturated rings. The molecule has 5 heteroatoms. The minimum absolute atomic E-state index is 0.0382. The van der Waals surface area contributed by atoms with E-state index < -0.39 is 0 Å². The van der Waals surface area contributed by atoms with Gasteiger partial charge in [0.2, 0.25) is 11.8 Å². The third kappa shape index (κ3) is 4.37. The highest BCUT2D eigenvalue weighted by molar-refractivity contribution is 6.30. The van der Waals surface area contributed by atoms with Crippen LogP contribution in [0.2, 0.25) is 5.02 Å². The maximum absolute atomic E-state index is 11.7. The predicted octanol–water partition coefficient (Wildman–Crippen LogP) is 2.00. The molecule has 98 valence electrons. The molecule has 4 nitrogen and oxygen atoms in total. The standard InChI is InChI=1S/C13H17ClN2O2/c1-9(17)15-12(8-13(18)16(2)3)10-4-6-11(14)7-5-10/h4-7,12H,8H2,1-3H3,(H,15,17). The summed E-state index contributed by atoms with van der Waals surface area (Å²) in [7, 11) is 3.38. The molecule has 1 atom stereocenters. The number of benzene rings is 1. The Morgan fingerprint density at radius 3 is 2.28 bits per heavy atom. The van der Waals surface area contributed by atoms with Gasteiger partial charge in [0.05, 0.1) is 12.5 Å². The number of carbonyl (C=O) groups excluding carboxylic acids is 2. The molecule has 1 rings (SSSR count). The molecule has 0 saturated carbocycles. The Labute approximate surface area is 112 Å². The number of amides is 2. The van der Waals surface area contributed by atoms with Crippen LogP contribution in [-0.2, 0) is 9.59 Å². The lowest BCUT2D eigenvalue weighted by Gasteiger charge is -2.20. The third-order valence-electron chi connectivity index (χ3n) is 2.53.